The van der Waals surface area contributed by atoms with Gasteiger partial charge in [0.05, 0.1) is 0 Å². The van der Waals surface area contributed by atoms with E-state index in [0.717, 1.165) is 44.8 Å². The van der Waals surface area contributed by atoms with Crippen LogP contribution in [0.5, 0.6) is 0 Å². The molecule has 26 heavy (non-hydrogen) atoms. The standard InChI is InChI=1S/C20H27F2N3O/c21-18-7-6-17(12-19(18)22)25-11-9-16(14-25)13-24-20(26)23-10-8-15-4-2-1-3-5-15/h4,6-7,12,16H,1-3,5,8-11,13-14H2,(H2,23,24,26). The number of amides is 2. The Labute approximate surface area is 153 Å². The van der Waals surface area contributed by atoms with Crippen LogP contribution in [0, 0.1) is 17.6 Å². The monoisotopic (exact) mass is 363 g/mol. The van der Waals surface area contributed by atoms with Crippen molar-refractivity contribution in [2.75, 3.05) is 31.1 Å². The summed E-state index contributed by atoms with van der Waals surface area (Å²) in [4.78, 5) is 14.0. The molecular formula is C20H27F2N3O. The zero-order valence-electron chi connectivity index (χ0n) is 15.1. The first-order valence-corrected chi connectivity index (χ1v) is 9.51. The third kappa shape index (κ3) is 5.19. The van der Waals surface area contributed by atoms with Crippen LogP contribution in [0.15, 0.2) is 29.8 Å². The molecule has 0 spiro atoms. The highest BCUT2D eigenvalue weighted by molar-refractivity contribution is 5.73. The van der Waals surface area contributed by atoms with E-state index < -0.39 is 11.6 Å². The number of nitrogens with one attached hydrogen (secondary N) is 2. The number of carbonyl (C=O) groups excluding carboxylic acids is 1. The first kappa shape index (κ1) is 18.7. The fourth-order valence-electron chi connectivity index (χ4n) is 3.68. The van der Waals surface area contributed by atoms with E-state index in [2.05, 4.69) is 16.7 Å². The number of hydrogen-bond donors (Lipinski definition) is 2. The minimum Gasteiger partial charge on any atom is -0.371 e. The predicted molar refractivity (Wildman–Crippen MR) is 99.2 cm³/mol. The smallest absolute Gasteiger partial charge is 0.314 e. The van der Waals surface area contributed by atoms with Crippen molar-refractivity contribution in [1.82, 2.24) is 10.6 Å². The molecule has 1 aromatic carbocycles. The number of urea groups is 1. The number of rotatable bonds is 6. The van der Waals surface area contributed by atoms with E-state index in [1.54, 1.807) is 6.07 Å². The SMILES string of the molecule is O=C(NCCC1=CCCCC1)NCC1CCN(c2ccc(F)c(F)c2)C1. The highest BCUT2D eigenvalue weighted by atomic mass is 19.2. The number of allylic oxidation sites excluding steroid dienone is 1. The maximum atomic E-state index is 13.4. The first-order valence-electron chi connectivity index (χ1n) is 9.51. The predicted octanol–water partition coefficient (Wildman–Crippen LogP) is 3.98. The second-order valence-corrected chi connectivity index (χ2v) is 7.19. The molecule has 1 atom stereocenters. The van der Waals surface area contributed by atoms with Gasteiger partial charge in [-0.15, -0.1) is 0 Å². The van der Waals surface area contributed by atoms with Gasteiger partial charge in [-0.25, -0.2) is 13.6 Å². The molecule has 0 saturated carbocycles. The van der Waals surface area contributed by atoms with Gasteiger partial charge in [-0.2, -0.15) is 0 Å². The number of benzene rings is 1. The third-order valence-electron chi connectivity index (χ3n) is 5.22. The second-order valence-electron chi connectivity index (χ2n) is 7.19. The zero-order valence-corrected chi connectivity index (χ0v) is 15.1. The van der Waals surface area contributed by atoms with Crippen LogP contribution in [0.1, 0.15) is 38.5 Å². The largest absolute Gasteiger partial charge is 0.371 e. The molecule has 1 saturated heterocycles. The first-order chi connectivity index (χ1) is 12.6. The maximum Gasteiger partial charge on any atom is 0.314 e. The summed E-state index contributed by atoms with van der Waals surface area (Å²) >= 11 is 0. The molecule has 3 rings (SSSR count). The molecule has 0 radical (unpaired) electrons. The molecule has 0 bridgehead atoms. The lowest BCUT2D eigenvalue weighted by atomic mass is 9.97. The lowest BCUT2D eigenvalue weighted by molar-refractivity contribution is 0.239. The summed E-state index contributed by atoms with van der Waals surface area (Å²) in [6.07, 6.45) is 9.01. The van der Waals surface area contributed by atoms with Gasteiger partial charge in [0.2, 0.25) is 0 Å². The average Bonchev–Trinajstić information content (AvgIpc) is 3.12. The Morgan fingerprint density at radius 3 is 2.85 bits per heavy atom. The normalized spacial score (nSPS) is 20.0. The van der Waals surface area contributed by atoms with E-state index in [-0.39, 0.29) is 6.03 Å². The summed E-state index contributed by atoms with van der Waals surface area (Å²) in [5.74, 6) is -1.33. The van der Waals surface area contributed by atoms with Gasteiger partial charge in [0.1, 0.15) is 0 Å². The van der Waals surface area contributed by atoms with Crippen LogP contribution in [0.2, 0.25) is 0 Å². The Balaban J connectivity index is 1.35. The number of halogens is 2. The summed E-state index contributed by atoms with van der Waals surface area (Å²) in [5, 5.41) is 5.84. The van der Waals surface area contributed by atoms with Gasteiger partial charge >= 0.3 is 6.03 Å². The molecule has 1 fully saturated rings. The molecule has 2 amide bonds. The van der Waals surface area contributed by atoms with Crippen LogP contribution in [0.3, 0.4) is 0 Å². The van der Waals surface area contributed by atoms with Gasteiger partial charge in [-0.05, 0) is 56.6 Å². The lowest BCUT2D eigenvalue weighted by Crippen LogP contribution is -2.39. The Morgan fingerprint density at radius 1 is 1.19 bits per heavy atom. The summed E-state index contributed by atoms with van der Waals surface area (Å²) in [6, 6.07) is 3.86. The number of carbonyl (C=O) groups is 1. The van der Waals surface area contributed by atoms with Gasteiger partial charge in [-0.3, -0.25) is 0 Å². The van der Waals surface area contributed by atoms with Crippen molar-refractivity contribution in [2.24, 2.45) is 5.92 Å². The van der Waals surface area contributed by atoms with Crippen molar-refractivity contribution in [2.45, 2.75) is 38.5 Å². The van der Waals surface area contributed by atoms with Gasteiger partial charge in [-0.1, -0.05) is 11.6 Å². The minimum absolute atomic E-state index is 0.132. The zero-order chi connectivity index (χ0) is 18.4. The Kier molecular flexibility index (Phi) is 6.47. The molecule has 0 aromatic heterocycles. The van der Waals surface area contributed by atoms with Gasteiger partial charge in [0, 0.05) is 37.9 Å². The highest BCUT2D eigenvalue weighted by Gasteiger charge is 2.23. The van der Waals surface area contributed by atoms with Crippen LogP contribution < -0.4 is 15.5 Å². The minimum atomic E-state index is -0.827. The Hall–Kier alpha value is -2.11. The average molecular weight is 363 g/mol. The van der Waals surface area contributed by atoms with Crippen molar-refractivity contribution in [3.8, 4) is 0 Å². The van der Waals surface area contributed by atoms with E-state index in [1.807, 2.05) is 4.90 Å². The van der Waals surface area contributed by atoms with E-state index in [9.17, 15) is 13.6 Å². The van der Waals surface area contributed by atoms with Gasteiger partial charge in [0.25, 0.3) is 0 Å². The van der Waals surface area contributed by atoms with Crippen LogP contribution >= 0.6 is 0 Å². The summed E-state index contributed by atoms with van der Waals surface area (Å²) in [5.41, 5.74) is 2.14. The summed E-state index contributed by atoms with van der Waals surface area (Å²) < 4.78 is 26.4. The molecule has 1 unspecified atom stereocenters. The lowest BCUT2D eigenvalue weighted by Gasteiger charge is -2.19. The molecular weight excluding hydrogens is 336 g/mol. The van der Waals surface area contributed by atoms with Crippen molar-refractivity contribution >= 4 is 11.7 Å². The van der Waals surface area contributed by atoms with Crippen LogP contribution in [-0.2, 0) is 0 Å². The highest BCUT2D eigenvalue weighted by Crippen LogP contribution is 2.25. The molecule has 1 aromatic rings. The van der Waals surface area contributed by atoms with Crippen molar-refractivity contribution < 1.29 is 13.6 Å². The number of hydrogen-bond acceptors (Lipinski definition) is 2. The van der Waals surface area contributed by atoms with Crippen LogP contribution in [0.4, 0.5) is 19.3 Å². The quantitative estimate of drug-likeness (QED) is 0.751. The molecule has 2 N–H and O–H groups in total. The molecule has 4 nitrogen and oxygen atoms in total. The molecule has 1 aliphatic heterocycles. The number of nitrogens with zero attached hydrogens (tertiary/aromatic N) is 1. The van der Waals surface area contributed by atoms with E-state index in [4.69, 9.17) is 0 Å². The van der Waals surface area contributed by atoms with Crippen LogP contribution in [0.25, 0.3) is 0 Å². The topological polar surface area (TPSA) is 44.4 Å². The fraction of sp³-hybridized carbons (Fsp3) is 0.550. The van der Waals surface area contributed by atoms with Gasteiger partial charge in [0.15, 0.2) is 11.6 Å². The number of anilines is 1. The molecule has 1 heterocycles. The molecule has 1 aliphatic carbocycles. The third-order valence-corrected chi connectivity index (χ3v) is 5.22. The van der Waals surface area contributed by atoms with Gasteiger partial charge < -0.3 is 15.5 Å². The van der Waals surface area contributed by atoms with E-state index >= 15 is 0 Å². The summed E-state index contributed by atoms with van der Waals surface area (Å²) in [6.45, 7) is 2.78. The van der Waals surface area contributed by atoms with Crippen LogP contribution in [-0.4, -0.2) is 32.2 Å². The molecule has 6 heteroatoms. The van der Waals surface area contributed by atoms with Crippen molar-refractivity contribution in [3.63, 3.8) is 0 Å². The second kappa shape index (κ2) is 9.01. The van der Waals surface area contributed by atoms with E-state index in [1.165, 1.54) is 24.5 Å². The molecule has 2 aliphatic rings. The van der Waals surface area contributed by atoms with Crippen molar-refractivity contribution in [1.29, 1.82) is 0 Å². The Bertz CT molecular complexity index is 662. The fourth-order valence-corrected chi connectivity index (χ4v) is 3.68. The maximum absolute atomic E-state index is 13.4. The van der Waals surface area contributed by atoms with E-state index in [0.29, 0.717) is 24.7 Å². The Morgan fingerprint density at radius 2 is 2.08 bits per heavy atom. The molecule has 142 valence electrons. The summed E-state index contributed by atoms with van der Waals surface area (Å²) in [7, 11) is 0. The van der Waals surface area contributed by atoms with Crippen molar-refractivity contribution in [3.05, 3.63) is 41.5 Å².